The van der Waals surface area contributed by atoms with Crippen LogP contribution in [-0.4, -0.2) is 18.2 Å². The third-order valence-corrected chi connectivity index (χ3v) is 4.59. The fourth-order valence-electron chi connectivity index (χ4n) is 2.56. The van der Waals surface area contributed by atoms with Gasteiger partial charge in [0.1, 0.15) is 5.70 Å². The average molecular weight is 372 g/mol. The fourth-order valence-corrected chi connectivity index (χ4v) is 2.74. The van der Waals surface area contributed by atoms with Crippen LogP contribution in [0.2, 0.25) is 0 Å². The summed E-state index contributed by atoms with van der Waals surface area (Å²) >= 11 is 6.06. The standard InChI is InChI=1S/C20H18ClNO4/c1-11-8-9-14(10-13(11)3)22-17-16(21)19(24)26-20(17)25-18(23)15-7-5-4-6-12(15)2/h4-10,20,22H,1-3H3/t20-/m0/s1. The van der Waals surface area contributed by atoms with Gasteiger partial charge in [0.2, 0.25) is 0 Å². The predicted molar refractivity (Wildman–Crippen MR) is 98.9 cm³/mol. The van der Waals surface area contributed by atoms with Crippen LogP contribution in [0.1, 0.15) is 27.0 Å². The number of anilines is 1. The molecule has 0 aromatic heterocycles. The van der Waals surface area contributed by atoms with Crippen molar-refractivity contribution >= 4 is 29.2 Å². The highest BCUT2D eigenvalue weighted by molar-refractivity contribution is 6.42. The number of hydrogen-bond acceptors (Lipinski definition) is 5. The number of hydrogen-bond donors (Lipinski definition) is 1. The quantitative estimate of drug-likeness (QED) is 0.815. The van der Waals surface area contributed by atoms with Crippen LogP contribution in [0.4, 0.5) is 5.69 Å². The van der Waals surface area contributed by atoms with Crippen molar-refractivity contribution < 1.29 is 19.1 Å². The molecule has 134 valence electrons. The SMILES string of the molecule is Cc1ccc(NC2=C(Cl)C(=O)O[C@@H]2OC(=O)c2ccccc2C)cc1C. The molecule has 0 fully saturated rings. The Labute approximate surface area is 156 Å². The Hall–Kier alpha value is -2.79. The van der Waals surface area contributed by atoms with Crippen molar-refractivity contribution in [2.75, 3.05) is 5.32 Å². The normalized spacial score (nSPS) is 16.5. The number of carbonyl (C=O) groups is 2. The van der Waals surface area contributed by atoms with Gasteiger partial charge >= 0.3 is 11.9 Å². The first-order valence-electron chi connectivity index (χ1n) is 8.08. The lowest BCUT2D eigenvalue weighted by Crippen LogP contribution is -2.24. The van der Waals surface area contributed by atoms with Gasteiger partial charge in [0.15, 0.2) is 5.03 Å². The van der Waals surface area contributed by atoms with E-state index in [4.69, 9.17) is 21.1 Å². The molecule has 0 aliphatic carbocycles. The van der Waals surface area contributed by atoms with Gasteiger partial charge in [0.25, 0.3) is 6.29 Å². The lowest BCUT2D eigenvalue weighted by atomic mass is 10.1. The van der Waals surface area contributed by atoms with E-state index in [9.17, 15) is 9.59 Å². The first-order chi connectivity index (χ1) is 12.4. The van der Waals surface area contributed by atoms with Gasteiger partial charge in [-0.1, -0.05) is 35.9 Å². The van der Waals surface area contributed by atoms with E-state index in [2.05, 4.69) is 5.32 Å². The molecule has 1 N–H and O–H groups in total. The van der Waals surface area contributed by atoms with Crippen LogP contribution < -0.4 is 5.32 Å². The largest absolute Gasteiger partial charge is 0.415 e. The molecule has 1 aliphatic rings. The number of nitrogens with one attached hydrogen (secondary N) is 1. The molecule has 0 saturated heterocycles. The summed E-state index contributed by atoms with van der Waals surface area (Å²) < 4.78 is 10.5. The van der Waals surface area contributed by atoms with E-state index >= 15 is 0 Å². The van der Waals surface area contributed by atoms with Crippen LogP contribution >= 0.6 is 11.6 Å². The maximum Gasteiger partial charge on any atom is 0.355 e. The summed E-state index contributed by atoms with van der Waals surface area (Å²) in [6, 6.07) is 12.7. The van der Waals surface area contributed by atoms with Crippen molar-refractivity contribution in [1.29, 1.82) is 0 Å². The Morgan fingerprint density at radius 2 is 1.81 bits per heavy atom. The molecule has 0 saturated carbocycles. The highest BCUT2D eigenvalue weighted by atomic mass is 35.5. The Bertz CT molecular complexity index is 920. The van der Waals surface area contributed by atoms with Crippen LogP contribution in [0, 0.1) is 20.8 Å². The molecule has 0 spiro atoms. The van der Waals surface area contributed by atoms with Crippen LogP contribution in [0.5, 0.6) is 0 Å². The van der Waals surface area contributed by atoms with Crippen LogP contribution in [-0.2, 0) is 14.3 Å². The van der Waals surface area contributed by atoms with Gasteiger partial charge < -0.3 is 14.8 Å². The van der Waals surface area contributed by atoms with E-state index in [1.165, 1.54) is 0 Å². The summed E-state index contributed by atoms with van der Waals surface area (Å²) in [6.07, 6.45) is -1.22. The summed E-state index contributed by atoms with van der Waals surface area (Å²) in [6.45, 7) is 5.77. The lowest BCUT2D eigenvalue weighted by molar-refractivity contribution is -0.152. The molecule has 1 aliphatic heterocycles. The smallest absolute Gasteiger partial charge is 0.355 e. The number of benzene rings is 2. The molecule has 1 heterocycles. The maximum absolute atomic E-state index is 12.4. The Kier molecular flexibility index (Phi) is 5.00. The minimum atomic E-state index is -1.22. The van der Waals surface area contributed by atoms with Gasteiger partial charge in [0, 0.05) is 5.69 Å². The zero-order chi connectivity index (χ0) is 18.8. The summed E-state index contributed by atoms with van der Waals surface area (Å²) in [5.41, 5.74) is 4.30. The molecule has 0 amide bonds. The molecular formula is C20H18ClNO4. The van der Waals surface area contributed by atoms with Gasteiger partial charge in [-0.15, -0.1) is 0 Å². The van der Waals surface area contributed by atoms with Crippen LogP contribution in [0.15, 0.2) is 53.2 Å². The molecule has 1 atom stereocenters. The van der Waals surface area contributed by atoms with Crippen LogP contribution in [0.3, 0.4) is 0 Å². The van der Waals surface area contributed by atoms with Crippen LogP contribution in [0.25, 0.3) is 0 Å². The van der Waals surface area contributed by atoms with E-state index in [0.717, 1.165) is 22.4 Å². The van der Waals surface area contributed by atoms with E-state index in [1.807, 2.05) is 38.1 Å². The highest BCUT2D eigenvalue weighted by Gasteiger charge is 2.36. The second-order valence-corrected chi connectivity index (χ2v) is 6.49. The average Bonchev–Trinajstić information content (AvgIpc) is 2.86. The number of cyclic esters (lactones) is 1. The van der Waals surface area contributed by atoms with Crippen molar-refractivity contribution in [3.63, 3.8) is 0 Å². The fraction of sp³-hybridized carbons (Fsp3) is 0.200. The Morgan fingerprint density at radius 3 is 2.50 bits per heavy atom. The molecule has 26 heavy (non-hydrogen) atoms. The van der Waals surface area contributed by atoms with Crippen molar-refractivity contribution in [3.8, 4) is 0 Å². The predicted octanol–water partition coefficient (Wildman–Crippen LogP) is 4.21. The molecular weight excluding hydrogens is 354 g/mol. The molecule has 2 aromatic carbocycles. The monoisotopic (exact) mass is 371 g/mol. The Morgan fingerprint density at radius 1 is 1.08 bits per heavy atom. The summed E-state index contributed by atoms with van der Waals surface area (Å²) in [4.78, 5) is 24.3. The van der Waals surface area contributed by atoms with E-state index in [1.54, 1.807) is 25.1 Å². The number of carbonyl (C=O) groups excluding carboxylic acids is 2. The number of aryl methyl sites for hydroxylation is 3. The second kappa shape index (κ2) is 7.22. The minimum Gasteiger partial charge on any atom is -0.415 e. The molecule has 0 unspecified atom stereocenters. The van der Waals surface area contributed by atoms with E-state index in [0.29, 0.717) is 5.56 Å². The van der Waals surface area contributed by atoms with Crippen molar-refractivity contribution in [2.45, 2.75) is 27.1 Å². The van der Waals surface area contributed by atoms with Crippen molar-refractivity contribution in [1.82, 2.24) is 0 Å². The van der Waals surface area contributed by atoms with Gasteiger partial charge in [-0.25, -0.2) is 9.59 Å². The topological polar surface area (TPSA) is 64.6 Å². The lowest BCUT2D eigenvalue weighted by Gasteiger charge is -2.17. The summed E-state index contributed by atoms with van der Waals surface area (Å²) in [5.74, 6) is -1.33. The van der Waals surface area contributed by atoms with Gasteiger partial charge in [0.05, 0.1) is 5.56 Å². The zero-order valence-corrected chi connectivity index (χ0v) is 15.4. The minimum absolute atomic E-state index is 0.134. The molecule has 3 rings (SSSR count). The first-order valence-corrected chi connectivity index (χ1v) is 8.46. The third-order valence-electron chi connectivity index (χ3n) is 4.23. The van der Waals surface area contributed by atoms with Gasteiger partial charge in [-0.3, -0.25) is 0 Å². The maximum atomic E-state index is 12.4. The molecule has 6 heteroatoms. The molecule has 0 radical (unpaired) electrons. The number of ether oxygens (including phenoxy) is 2. The van der Waals surface area contributed by atoms with Gasteiger partial charge in [-0.05, 0) is 55.7 Å². The molecule has 0 bridgehead atoms. The number of rotatable bonds is 4. The Balaban J connectivity index is 1.83. The van der Waals surface area contributed by atoms with E-state index < -0.39 is 18.2 Å². The number of halogens is 1. The summed E-state index contributed by atoms with van der Waals surface area (Å²) in [5, 5.41) is 2.90. The molecule has 2 aromatic rings. The molecule has 5 nitrogen and oxygen atoms in total. The first kappa shape index (κ1) is 18.0. The van der Waals surface area contributed by atoms with E-state index in [-0.39, 0.29) is 10.7 Å². The zero-order valence-electron chi connectivity index (χ0n) is 14.6. The highest BCUT2D eigenvalue weighted by Crippen LogP contribution is 2.29. The summed E-state index contributed by atoms with van der Waals surface area (Å²) in [7, 11) is 0. The third kappa shape index (κ3) is 3.58. The van der Waals surface area contributed by atoms with Gasteiger partial charge in [-0.2, -0.15) is 0 Å². The second-order valence-electron chi connectivity index (χ2n) is 6.11. The van der Waals surface area contributed by atoms with Crippen molar-refractivity contribution in [3.05, 3.63) is 75.4 Å². The van der Waals surface area contributed by atoms with Crippen molar-refractivity contribution in [2.24, 2.45) is 0 Å². The number of esters is 2.